The normalized spacial score (nSPS) is 14.2. The number of nitrogens with zero attached hydrogens (tertiary/aromatic N) is 2. The van der Waals surface area contributed by atoms with Crippen molar-refractivity contribution in [2.45, 2.75) is 64.7 Å². The molecule has 4 heteroatoms. The lowest BCUT2D eigenvalue weighted by Crippen LogP contribution is -2.17. The molecule has 0 unspecified atom stereocenters. The third-order valence-corrected chi connectivity index (χ3v) is 4.54. The van der Waals surface area contributed by atoms with E-state index in [0.717, 1.165) is 31.9 Å². The van der Waals surface area contributed by atoms with E-state index in [9.17, 15) is 0 Å². The largest absolute Gasteiger partial charge is 0.491 e. The molecule has 0 saturated carbocycles. The first-order valence-corrected chi connectivity index (χ1v) is 9.24. The van der Waals surface area contributed by atoms with Gasteiger partial charge in [-0.25, -0.2) is 5.53 Å². The van der Waals surface area contributed by atoms with Crippen molar-refractivity contribution in [1.29, 1.82) is 5.53 Å². The Morgan fingerprint density at radius 2 is 1.74 bits per heavy atom. The molecule has 0 amide bonds. The highest BCUT2D eigenvalue weighted by molar-refractivity contribution is 5.61. The molecule has 2 rings (SSSR count). The van der Waals surface area contributed by atoms with Crippen LogP contribution in [0.1, 0.15) is 64.7 Å². The number of ether oxygens (including phenoxy) is 1. The second kappa shape index (κ2) is 10.2. The van der Waals surface area contributed by atoms with E-state index in [4.69, 9.17) is 10.3 Å². The number of hydrogen-bond acceptors (Lipinski definition) is 4. The van der Waals surface area contributed by atoms with Crippen LogP contribution in [0.4, 0.5) is 11.4 Å². The van der Waals surface area contributed by atoms with Crippen LogP contribution in [0.5, 0.6) is 5.75 Å². The van der Waals surface area contributed by atoms with E-state index in [2.05, 4.69) is 29.1 Å². The zero-order chi connectivity index (χ0) is 16.3. The summed E-state index contributed by atoms with van der Waals surface area (Å²) >= 11 is 0. The molecule has 1 heterocycles. The molecule has 1 saturated heterocycles. The lowest BCUT2D eigenvalue weighted by atomic mass is 10.1. The minimum Gasteiger partial charge on any atom is -0.491 e. The predicted molar refractivity (Wildman–Crippen MR) is 96.2 cm³/mol. The van der Waals surface area contributed by atoms with Gasteiger partial charge in [0.25, 0.3) is 0 Å². The quantitative estimate of drug-likeness (QED) is 0.397. The fraction of sp³-hybridized carbons (Fsp3) is 0.684. The molecule has 4 nitrogen and oxygen atoms in total. The fourth-order valence-corrected chi connectivity index (χ4v) is 3.12. The molecular weight excluding hydrogens is 286 g/mol. The smallest absolute Gasteiger partial charge is 0.148 e. The molecule has 0 aromatic heterocycles. The summed E-state index contributed by atoms with van der Waals surface area (Å²) in [5.41, 5.74) is 9.14. The molecule has 1 fully saturated rings. The molecule has 1 aromatic rings. The van der Waals surface area contributed by atoms with Gasteiger partial charge in [-0.15, -0.1) is 0 Å². The number of unbranched alkanes of at least 4 members (excludes halogenated alkanes) is 6. The van der Waals surface area contributed by atoms with Gasteiger partial charge >= 0.3 is 0 Å². The van der Waals surface area contributed by atoms with Crippen molar-refractivity contribution in [3.05, 3.63) is 18.2 Å². The first-order chi connectivity index (χ1) is 11.3. The Labute approximate surface area is 140 Å². The van der Waals surface area contributed by atoms with Crippen molar-refractivity contribution in [1.82, 2.24) is 0 Å². The van der Waals surface area contributed by atoms with Crippen molar-refractivity contribution < 1.29 is 4.74 Å². The fourth-order valence-electron chi connectivity index (χ4n) is 3.12. The maximum absolute atomic E-state index is 7.31. The molecule has 0 bridgehead atoms. The van der Waals surface area contributed by atoms with E-state index >= 15 is 0 Å². The summed E-state index contributed by atoms with van der Waals surface area (Å²) in [6.45, 7) is 5.21. The number of hydrogen-bond donors (Lipinski definition) is 1. The third kappa shape index (κ3) is 5.85. The third-order valence-electron chi connectivity index (χ3n) is 4.54. The molecule has 128 valence electrons. The molecule has 0 aliphatic carbocycles. The van der Waals surface area contributed by atoms with Crippen LogP contribution in [0.2, 0.25) is 0 Å². The summed E-state index contributed by atoms with van der Waals surface area (Å²) in [6.07, 6.45) is 11.5. The SMILES string of the molecule is CCCCCCCCCOc1cc(N2CCCC2)ccc1N=N. The lowest BCUT2D eigenvalue weighted by Gasteiger charge is -2.19. The van der Waals surface area contributed by atoms with Crippen LogP contribution in [0, 0.1) is 5.53 Å². The van der Waals surface area contributed by atoms with E-state index in [0.29, 0.717) is 5.69 Å². The summed E-state index contributed by atoms with van der Waals surface area (Å²) in [5, 5.41) is 3.59. The predicted octanol–water partition coefficient (Wildman–Crippen LogP) is 6.08. The van der Waals surface area contributed by atoms with Crippen molar-refractivity contribution in [2.24, 2.45) is 5.11 Å². The van der Waals surface area contributed by atoms with Crippen molar-refractivity contribution in [3.8, 4) is 5.75 Å². The molecule has 0 spiro atoms. The van der Waals surface area contributed by atoms with E-state index in [1.807, 2.05) is 6.07 Å². The summed E-state index contributed by atoms with van der Waals surface area (Å²) in [6, 6.07) is 6.01. The average Bonchev–Trinajstić information content (AvgIpc) is 3.11. The maximum Gasteiger partial charge on any atom is 0.148 e. The maximum atomic E-state index is 7.31. The van der Waals surface area contributed by atoms with Gasteiger partial charge in [0.1, 0.15) is 11.4 Å². The van der Waals surface area contributed by atoms with E-state index < -0.39 is 0 Å². The molecule has 1 N–H and O–H groups in total. The van der Waals surface area contributed by atoms with Crippen LogP contribution in [-0.2, 0) is 0 Å². The first-order valence-electron chi connectivity index (χ1n) is 9.24. The van der Waals surface area contributed by atoms with Gasteiger partial charge in [0.15, 0.2) is 0 Å². The van der Waals surface area contributed by atoms with Gasteiger partial charge in [-0.2, -0.15) is 5.11 Å². The topological polar surface area (TPSA) is 48.7 Å². The Bertz CT molecular complexity index is 470. The minimum absolute atomic E-state index is 0.635. The van der Waals surface area contributed by atoms with E-state index in [1.54, 1.807) is 0 Å². The van der Waals surface area contributed by atoms with Crippen molar-refractivity contribution in [3.63, 3.8) is 0 Å². The van der Waals surface area contributed by atoms with Crippen LogP contribution in [0.25, 0.3) is 0 Å². The van der Waals surface area contributed by atoms with Gasteiger partial charge < -0.3 is 9.64 Å². The van der Waals surface area contributed by atoms with Gasteiger partial charge in [0, 0.05) is 24.8 Å². The molecule has 23 heavy (non-hydrogen) atoms. The monoisotopic (exact) mass is 317 g/mol. The highest BCUT2D eigenvalue weighted by Gasteiger charge is 2.14. The molecule has 1 aromatic carbocycles. The van der Waals surface area contributed by atoms with Crippen LogP contribution >= 0.6 is 0 Å². The van der Waals surface area contributed by atoms with Crippen LogP contribution in [-0.4, -0.2) is 19.7 Å². The van der Waals surface area contributed by atoms with Crippen molar-refractivity contribution >= 4 is 11.4 Å². The molecule has 1 aliphatic heterocycles. The Morgan fingerprint density at radius 3 is 2.43 bits per heavy atom. The summed E-state index contributed by atoms with van der Waals surface area (Å²) in [7, 11) is 0. The van der Waals surface area contributed by atoms with Crippen LogP contribution in [0.3, 0.4) is 0 Å². The summed E-state index contributed by atoms with van der Waals surface area (Å²) in [5.74, 6) is 0.760. The Kier molecular flexibility index (Phi) is 7.91. The standard InChI is InChI=1S/C19H31N3O/c1-2-3-4-5-6-7-10-15-23-19-16-17(11-12-18(19)21-20)22-13-8-9-14-22/h11-12,16,20H,2-10,13-15H2,1H3. The second-order valence-electron chi connectivity index (χ2n) is 6.43. The first kappa shape index (κ1) is 17.8. The van der Waals surface area contributed by atoms with E-state index in [1.165, 1.54) is 57.1 Å². The van der Waals surface area contributed by atoms with Crippen LogP contribution < -0.4 is 9.64 Å². The summed E-state index contributed by atoms with van der Waals surface area (Å²) < 4.78 is 5.92. The Hall–Kier alpha value is -1.58. The van der Waals surface area contributed by atoms with Gasteiger partial charge in [0.2, 0.25) is 0 Å². The average molecular weight is 317 g/mol. The highest BCUT2D eigenvalue weighted by atomic mass is 16.5. The zero-order valence-corrected chi connectivity index (χ0v) is 14.5. The second-order valence-corrected chi connectivity index (χ2v) is 6.43. The van der Waals surface area contributed by atoms with E-state index in [-0.39, 0.29) is 0 Å². The molecule has 0 atom stereocenters. The molecule has 0 radical (unpaired) electrons. The van der Waals surface area contributed by atoms with Gasteiger partial charge in [-0.3, -0.25) is 0 Å². The number of benzene rings is 1. The number of anilines is 1. The zero-order valence-electron chi connectivity index (χ0n) is 14.5. The Balaban J connectivity index is 1.76. The van der Waals surface area contributed by atoms with Gasteiger partial charge in [0.05, 0.1) is 6.61 Å². The minimum atomic E-state index is 0.635. The molecular formula is C19H31N3O. The van der Waals surface area contributed by atoms with Gasteiger partial charge in [-0.1, -0.05) is 45.4 Å². The highest BCUT2D eigenvalue weighted by Crippen LogP contribution is 2.33. The Morgan fingerprint density at radius 1 is 1.04 bits per heavy atom. The van der Waals surface area contributed by atoms with Crippen LogP contribution in [0.15, 0.2) is 23.3 Å². The number of nitrogens with one attached hydrogen (secondary N) is 1. The number of rotatable bonds is 11. The molecule has 1 aliphatic rings. The lowest BCUT2D eigenvalue weighted by molar-refractivity contribution is 0.305. The van der Waals surface area contributed by atoms with Crippen molar-refractivity contribution in [2.75, 3.05) is 24.6 Å². The summed E-state index contributed by atoms with van der Waals surface area (Å²) in [4.78, 5) is 2.38. The van der Waals surface area contributed by atoms with Gasteiger partial charge in [-0.05, 0) is 31.4 Å².